The summed E-state index contributed by atoms with van der Waals surface area (Å²) in [6, 6.07) is 44.3. The van der Waals surface area contributed by atoms with Crippen LogP contribution in [0.4, 0.5) is 11.4 Å². The molecule has 7 aromatic carbocycles. The lowest BCUT2D eigenvalue weighted by Gasteiger charge is -2.42. The lowest BCUT2D eigenvalue weighted by atomic mass is 9.58. The number of hydrogen-bond acceptors (Lipinski definition) is 1. The van der Waals surface area contributed by atoms with Crippen LogP contribution in [0.25, 0.3) is 60.5 Å². The van der Waals surface area contributed by atoms with Gasteiger partial charge in [-0.1, -0.05) is 138 Å². The van der Waals surface area contributed by atoms with Gasteiger partial charge < -0.3 is 9.88 Å². The second kappa shape index (κ2) is 11.3. The smallest absolute Gasteiger partial charge is 0.198 e. The van der Waals surface area contributed by atoms with Crippen LogP contribution in [0.15, 0.2) is 115 Å². The molecule has 0 atom stereocenters. The summed E-state index contributed by atoms with van der Waals surface area (Å²) in [4.78, 5) is 0. The molecule has 11 rings (SSSR count). The number of hydrogen-bond donors (Lipinski definition) is 1. The van der Waals surface area contributed by atoms with Crippen molar-refractivity contribution in [2.75, 3.05) is 5.32 Å². The van der Waals surface area contributed by atoms with E-state index in [1.807, 2.05) is 0 Å². The van der Waals surface area contributed by atoms with E-state index in [-0.39, 0.29) is 16.2 Å². The summed E-state index contributed by atoms with van der Waals surface area (Å²) in [6.45, 7) is 19.2. The van der Waals surface area contributed by atoms with Crippen molar-refractivity contribution in [3.63, 3.8) is 0 Å². The van der Waals surface area contributed by atoms with Gasteiger partial charge in [-0.3, -0.25) is 0 Å². The molecule has 0 fully saturated rings. The SMILES string of the molecule is Cc1cc(-c2c(Nc3cc4c(cc3C)C(C)(C)CCC4(C)C)ccc3c2C(C)(C)c2ccccc2-3)c2c(c1)-n1c3ccc4ccccc4c3c3cccc(c31)B2. The summed E-state index contributed by atoms with van der Waals surface area (Å²) >= 11 is 0. The Labute approximate surface area is 331 Å². The molecular formula is C53H49BN2. The number of benzene rings is 7. The van der Waals surface area contributed by atoms with Gasteiger partial charge in [0.05, 0.1) is 5.52 Å². The lowest BCUT2D eigenvalue weighted by molar-refractivity contribution is 0.332. The standard InChI is InChI=1S/C53H49BN2/c1-30-26-37(49-45(27-30)56-44-23-20-32-14-9-10-15-33(32)46(44)36-17-13-19-41(54-49)50(36)56)47-42(22-21-35-34-16-11-12-18-38(34)53(7,8)48(35)47)55-43-29-40-39(28-31(43)2)51(3,4)24-25-52(40,5)6/h9-23,26-29,54-55H,24-25H2,1-8H3. The molecule has 0 amide bonds. The van der Waals surface area contributed by atoms with Crippen LogP contribution in [0.3, 0.4) is 0 Å². The van der Waals surface area contributed by atoms with Gasteiger partial charge in [-0.25, -0.2) is 0 Å². The topological polar surface area (TPSA) is 17.0 Å². The molecule has 274 valence electrons. The van der Waals surface area contributed by atoms with E-state index < -0.39 is 0 Å². The molecule has 0 saturated carbocycles. The monoisotopic (exact) mass is 724 g/mol. The van der Waals surface area contributed by atoms with E-state index >= 15 is 0 Å². The summed E-state index contributed by atoms with van der Waals surface area (Å²) in [5.41, 5.74) is 23.0. The van der Waals surface area contributed by atoms with Crippen LogP contribution in [0.2, 0.25) is 0 Å². The maximum Gasteiger partial charge on any atom is 0.198 e. The molecule has 2 heterocycles. The van der Waals surface area contributed by atoms with Crippen molar-refractivity contribution in [3.05, 3.63) is 149 Å². The van der Waals surface area contributed by atoms with E-state index in [4.69, 9.17) is 0 Å². The highest BCUT2D eigenvalue weighted by atomic mass is 15.0. The summed E-state index contributed by atoms with van der Waals surface area (Å²) in [7, 11) is 0.883. The van der Waals surface area contributed by atoms with Gasteiger partial charge in [-0.05, 0) is 128 Å². The largest absolute Gasteiger partial charge is 0.355 e. The number of aryl methyl sites for hydroxylation is 2. The third-order valence-electron chi connectivity index (χ3n) is 14.2. The van der Waals surface area contributed by atoms with Gasteiger partial charge in [0.15, 0.2) is 7.28 Å². The maximum absolute atomic E-state index is 4.15. The van der Waals surface area contributed by atoms with Crippen LogP contribution in [-0.4, -0.2) is 11.8 Å². The summed E-state index contributed by atoms with van der Waals surface area (Å²) in [6.07, 6.45) is 2.41. The Morgan fingerprint density at radius 1 is 0.607 bits per heavy atom. The van der Waals surface area contributed by atoms with Crippen molar-refractivity contribution in [2.45, 2.75) is 84.5 Å². The molecule has 0 spiro atoms. The average molecular weight is 725 g/mol. The third kappa shape index (κ3) is 4.52. The fraction of sp³-hybridized carbons (Fsp3) is 0.245. The van der Waals surface area contributed by atoms with Crippen LogP contribution in [0, 0.1) is 13.8 Å². The summed E-state index contributed by atoms with van der Waals surface area (Å²) in [5.74, 6) is 0. The Kier molecular flexibility index (Phi) is 6.81. The first-order valence-corrected chi connectivity index (χ1v) is 20.6. The fourth-order valence-electron chi connectivity index (χ4n) is 11.2. The van der Waals surface area contributed by atoms with Crippen molar-refractivity contribution >= 4 is 62.2 Å². The first-order valence-electron chi connectivity index (χ1n) is 20.6. The molecule has 8 aromatic rings. The number of anilines is 2. The second-order valence-electron chi connectivity index (χ2n) is 19.0. The number of nitrogens with zero attached hydrogens (tertiary/aromatic N) is 1. The average Bonchev–Trinajstić information content (AvgIpc) is 3.64. The first kappa shape index (κ1) is 33.8. The molecule has 3 aliphatic rings. The molecule has 2 aliphatic carbocycles. The molecule has 3 heteroatoms. The van der Waals surface area contributed by atoms with Gasteiger partial charge in [0.1, 0.15) is 0 Å². The number of fused-ring (bicyclic) bond motifs is 11. The molecule has 56 heavy (non-hydrogen) atoms. The van der Waals surface area contributed by atoms with E-state index in [2.05, 4.69) is 181 Å². The van der Waals surface area contributed by atoms with Crippen molar-refractivity contribution in [1.29, 1.82) is 0 Å². The maximum atomic E-state index is 4.15. The molecular weight excluding hydrogens is 675 g/mol. The van der Waals surface area contributed by atoms with E-state index in [1.54, 1.807) is 0 Å². The van der Waals surface area contributed by atoms with E-state index in [1.165, 1.54) is 129 Å². The highest BCUT2D eigenvalue weighted by Crippen LogP contribution is 2.55. The van der Waals surface area contributed by atoms with E-state index in [0.717, 1.165) is 7.28 Å². The Morgan fingerprint density at radius 3 is 2.16 bits per heavy atom. The Hall–Kier alpha value is -5.54. The minimum atomic E-state index is -0.189. The minimum Gasteiger partial charge on any atom is -0.355 e. The Balaban J connectivity index is 1.20. The number of para-hydroxylation sites is 1. The molecule has 2 nitrogen and oxygen atoms in total. The number of nitrogens with one attached hydrogen (secondary N) is 1. The lowest BCUT2D eigenvalue weighted by Crippen LogP contribution is -2.37. The first-order chi connectivity index (χ1) is 26.8. The summed E-state index contributed by atoms with van der Waals surface area (Å²) < 4.78 is 2.59. The van der Waals surface area contributed by atoms with Gasteiger partial charge in [0, 0.05) is 44.3 Å². The zero-order valence-electron chi connectivity index (χ0n) is 34.0. The van der Waals surface area contributed by atoms with Gasteiger partial charge in [0.2, 0.25) is 0 Å². The predicted octanol–water partition coefficient (Wildman–Crippen LogP) is 12.3. The Bertz CT molecular complexity index is 3030. The van der Waals surface area contributed by atoms with Crippen molar-refractivity contribution in [2.24, 2.45) is 0 Å². The number of rotatable bonds is 3. The van der Waals surface area contributed by atoms with Gasteiger partial charge >= 0.3 is 0 Å². The van der Waals surface area contributed by atoms with Crippen molar-refractivity contribution in [3.8, 4) is 27.9 Å². The minimum absolute atomic E-state index is 0.124. The van der Waals surface area contributed by atoms with Gasteiger partial charge in [-0.15, -0.1) is 0 Å². The summed E-state index contributed by atoms with van der Waals surface area (Å²) in [5, 5.41) is 9.46. The quantitative estimate of drug-likeness (QED) is 0.180. The molecule has 1 aromatic heterocycles. The van der Waals surface area contributed by atoms with Crippen LogP contribution in [0.1, 0.15) is 87.8 Å². The van der Waals surface area contributed by atoms with Crippen LogP contribution in [-0.2, 0) is 16.2 Å². The number of aromatic nitrogens is 1. The zero-order valence-corrected chi connectivity index (χ0v) is 34.0. The van der Waals surface area contributed by atoms with Crippen LogP contribution < -0.4 is 16.2 Å². The third-order valence-corrected chi connectivity index (χ3v) is 14.2. The molecule has 0 unspecified atom stereocenters. The van der Waals surface area contributed by atoms with Crippen LogP contribution in [0.5, 0.6) is 0 Å². The molecule has 0 radical (unpaired) electrons. The predicted molar refractivity (Wildman–Crippen MR) is 242 cm³/mol. The Morgan fingerprint density at radius 2 is 1.34 bits per heavy atom. The van der Waals surface area contributed by atoms with E-state index in [0.29, 0.717) is 0 Å². The normalized spacial score (nSPS) is 16.6. The second-order valence-corrected chi connectivity index (χ2v) is 19.0. The fourth-order valence-corrected chi connectivity index (χ4v) is 11.2. The van der Waals surface area contributed by atoms with E-state index in [9.17, 15) is 0 Å². The van der Waals surface area contributed by atoms with Crippen molar-refractivity contribution in [1.82, 2.24) is 4.57 Å². The van der Waals surface area contributed by atoms with Crippen molar-refractivity contribution < 1.29 is 0 Å². The molecule has 1 N–H and O–H groups in total. The molecule has 0 saturated heterocycles. The molecule has 1 aliphatic heterocycles. The van der Waals surface area contributed by atoms with Gasteiger partial charge in [-0.2, -0.15) is 0 Å². The van der Waals surface area contributed by atoms with Gasteiger partial charge in [0.25, 0.3) is 0 Å². The van der Waals surface area contributed by atoms with Crippen LogP contribution >= 0.6 is 0 Å². The highest BCUT2D eigenvalue weighted by molar-refractivity contribution is 6.73. The molecule has 0 bridgehead atoms. The highest BCUT2D eigenvalue weighted by Gasteiger charge is 2.41. The zero-order chi connectivity index (χ0) is 38.5.